The molecule has 1 fully saturated rings. The number of carbonyl (C=O) groups excluding carboxylic acids is 2. The van der Waals surface area contributed by atoms with E-state index in [-0.39, 0.29) is 11.8 Å². The van der Waals surface area contributed by atoms with Crippen LogP contribution in [0.1, 0.15) is 25.3 Å². The summed E-state index contributed by atoms with van der Waals surface area (Å²) < 4.78 is 5.20. The summed E-state index contributed by atoms with van der Waals surface area (Å²) in [6.45, 7) is 8.65. The second-order valence-electron chi connectivity index (χ2n) is 5.46. The second kappa shape index (κ2) is 6.71. The Labute approximate surface area is 124 Å². The molecule has 2 rings (SSSR count). The van der Waals surface area contributed by atoms with Crippen LogP contribution in [-0.2, 0) is 16.1 Å². The quantitative estimate of drug-likeness (QED) is 0.855. The van der Waals surface area contributed by atoms with E-state index in [0.717, 1.165) is 24.5 Å². The van der Waals surface area contributed by atoms with E-state index < -0.39 is 6.04 Å². The third-order valence-electron chi connectivity index (χ3n) is 3.53. The SMILES string of the molecule is CC(=O)NC(C)C(=O)N1CCN(Cc2cc(C)no2)CC1. The van der Waals surface area contributed by atoms with Gasteiger partial charge in [-0.15, -0.1) is 0 Å². The highest BCUT2D eigenvalue weighted by Gasteiger charge is 2.25. The van der Waals surface area contributed by atoms with E-state index in [0.29, 0.717) is 19.6 Å². The van der Waals surface area contributed by atoms with Crippen molar-refractivity contribution in [3.05, 3.63) is 17.5 Å². The second-order valence-corrected chi connectivity index (χ2v) is 5.46. The summed E-state index contributed by atoms with van der Waals surface area (Å²) in [5.74, 6) is 0.634. The Bertz CT molecular complexity index is 506. The third-order valence-corrected chi connectivity index (χ3v) is 3.53. The molecule has 0 spiro atoms. The van der Waals surface area contributed by atoms with Crippen LogP contribution in [0.4, 0.5) is 0 Å². The molecule has 7 heteroatoms. The van der Waals surface area contributed by atoms with E-state index in [1.807, 2.05) is 13.0 Å². The molecule has 0 radical (unpaired) electrons. The topological polar surface area (TPSA) is 78.7 Å². The molecule has 7 nitrogen and oxygen atoms in total. The maximum atomic E-state index is 12.2. The normalized spacial score (nSPS) is 17.6. The summed E-state index contributed by atoms with van der Waals surface area (Å²) in [5, 5.41) is 6.50. The fourth-order valence-corrected chi connectivity index (χ4v) is 2.48. The van der Waals surface area contributed by atoms with Gasteiger partial charge in [0.25, 0.3) is 0 Å². The minimum Gasteiger partial charge on any atom is -0.360 e. The lowest BCUT2D eigenvalue weighted by Gasteiger charge is -2.35. The van der Waals surface area contributed by atoms with Crippen LogP contribution in [0.15, 0.2) is 10.6 Å². The van der Waals surface area contributed by atoms with Crippen molar-refractivity contribution in [2.75, 3.05) is 26.2 Å². The van der Waals surface area contributed by atoms with Gasteiger partial charge in [0.1, 0.15) is 6.04 Å². The van der Waals surface area contributed by atoms with Crippen molar-refractivity contribution in [3.8, 4) is 0 Å². The molecule has 116 valence electrons. The zero-order chi connectivity index (χ0) is 15.4. The van der Waals surface area contributed by atoms with Crippen LogP contribution in [0.3, 0.4) is 0 Å². The molecule has 1 aliphatic heterocycles. The Morgan fingerprint density at radius 3 is 2.57 bits per heavy atom. The number of nitrogens with zero attached hydrogens (tertiary/aromatic N) is 3. The molecule has 1 saturated heterocycles. The van der Waals surface area contributed by atoms with Crippen LogP contribution in [0.25, 0.3) is 0 Å². The molecule has 0 saturated carbocycles. The van der Waals surface area contributed by atoms with E-state index in [1.54, 1.807) is 11.8 Å². The molecule has 2 heterocycles. The monoisotopic (exact) mass is 294 g/mol. The minimum absolute atomic E-state index is 0.0274. The lowest BCUT2D eigenvalue weighted by atomic mass is 10.2. The number of aryl methyl sites for hydroxylation is 1. The molecule has 1 aromatic rings. The molecule has 0 aliphatic carbocycles. The number of nitrogens with one attached hydrogen (secondary N) is 1. The van der Waals surface area contributed by atoms with Crippen molar-refractivity contribution in [1.29, 1.82) is 0 Å². The van der Waals surface area contributed by atoms with Crippen molar-refractivity contribution in [1.82, 2.24) is 20.3 Å². The van der Waals surface area contributed by atoms with Gasteiger partial charge in [-0.1, -0.05) is 5.16 Å². The summed E-state index contributed by atoms with van der Waals surface area (Å²) in [6.07, 6.45) is 0. The molecular formula is C14H22N4O3. The first kappa shape index (κ1) is 15.5. The maximum Gasteiger partial charge on any atom is 0.244 e. The number of carbonyl (C=O) groups is 2. The molecule has 0 aromatic carbocycles. The van der Waals surface area contributed by atoms with E-state index >= 15 is 0 Å². The number of hydrogen-bond donors (Lipinski definition) is 1. The predicted octanol–water partition coefficient (Wildman–Crippen LogP) is 0.152. The number of hydrogen-bond acceptors (Lipinski definition) is 5. The van der Waals surface area contributed by atoms with Gasteiger partial charge in [0.05, 0.1) is 12.2 Å². The lowest BCUT2D eigenvalue weighted by molar-refractivity contribution is -0.137. The van der Waals surface area contributed by atoms with E-state index in [1.165, 1.54) is 6.92 Å². The fraction of sp³-hybridized carbons (Fsp3) is 0.643. The van der Waals surface area contributed by atoms with Crippen molar-refractivity contribution >= 4 is 11.8 Å². The van der Waals surface area contributed by atoms with Crippen LogP contribution in [0, 0.1) is 6.92 Å². The highest BCUT2D eigenvalue weighted by atomic mass is 16.5. The zero-order valence-electron chi connectivity index (χ0n) is 12.8. The summed E-state index contributed by atoms with van der Waals surface area (Å²) in [6, 6.07) is 1.46. The van der Waals surface area contributed by atoms with Gasteiger partial charge in [0, 0.05) is 39.2 Å². The Morgan fingerprint density at radius 1 is 1.38 bits per heavy atom. The molecule has 1 atom stereocenters. The molecular weight excluding hydrogens is 272 g/mol. The highest BCUT2D eigenvalue weighted by molar-refractivity contribution is 5.86. The van der Waals surface area contributed by atoms with Gasteiger partial charge < -0.3 is 14.7 Å². The number of amides is 2. The van der Waals surface area contributed by atoms with Gasteiger partial charge in [-0.3, -0.25) is 14.5 Å². The van der Waals surface area contributed by atoms with Crippen LogP contribution in [0.2, 0.25) is 0 Å². The van der Waals surface area contributed by atoms with E-state index in [4.69, 9.17) is 4.52 Å². The average molecular weight is 294 g/mol. The van der Waals surface area contributed by atoms with Gasteiger partial charge in [-0.25, -0.2) is 0 Å². The Hall–Kier alpha value is -1.89. The number of rotatable bonds is 4. The molecule has 1 N–H and O–H groups in total. The summed E-state index contributed by atoms with van der Waals surface area (Å²) in [4.78, 5) is 27.2. The molecule has 1 aromatic heterocycles. The van der Waals surface area contributed by atoms with Gasteiger partial charge >= 0.3 is 0 Å². The van der Waals surface area contributed by atoms with E-state index in [9.17, 15) is 9.59 Å². The Morgan fingerprint density at radius 2 is 2.05 bits per heavy atom. The number of aromatic nitrogens is 1. The molecule has 1 unspecified atom stereocenters. The minimum atomic E-state index is -0.467. The zero-order valence-corrected chi connectivity index (χ0v) is 12.8. The van der Waals surface area contributed by atoms with Crippen molar-refractivity contribution in [2.45, 2.75) is 33.4 Å². The van der Waals surface area contributed by atoms with E-state index in [2.05, 4.69) is 15.4 Å². The summed E-state index contributed by atoms with van der Waals surface area (Å²) in [5.41, 5.74) is 0.878. The van der Waals surface area contributed by atoms with Crippen molar-refractivity contribution < 1.29 is 14.1 Å². The number of piperazine rings is 1. The highest BCUT2D eigenvalue weighted by Crippen LogP contribution is 2.10. The first-order valence-electron chi connectivity index (χ1n) is 7.16. The van der Waals surface area contributed by atoms with Crippen molar-refractivity contribution in [2.24, 2.45) is 0 Å². The smallest absolute Gasteiger partial charge is 0.244 e. The van der Waals surface area contributed by atoms with Gasteiger partial charge in [-0.2, -0.15) is 0 Å². The summed E-state index contributed by atoms with van der Waals surface area (Å²) in [7, 11) is 0. The largest absolute Gasteiger partial charge is 0.360 e. The lowest BCUT2D eigenvalue weighted by Crippen LogP contribution is -2.53. The third kappa shape index (κ3) is 4.29. The van der Waals surface area contributed by atoms with Crippen LogP contribution < -0.4 is 5.32 Å². The molecule has 2 amide bonds. The molecule has 21 heavy (non-hydrogen) atoms. The summed E-state index contributed by atoms with van der Waals surface area (Å²) >= 11 is 0. The van der Waals surface area contributed by atoms with Crippen LogP contribution in [-0.4, -0.2) is 59.0 Å². The average Bonchev–Trinajstić information content (AvgIpc) is 2.83. The Kier molecular flexibility index (Phi) is 4.95. The Balaban J connectivity index is 1.80. The maximum absolute atomic E-state index is 12.2. The fourth-order valence-electron chi connectivity index (χ4n) is 2.48. The van der Waals surface area contributed by atoms with Crippen molar-refractivity contribution in [3.63, 3.8) is 0 Å². The van der Waals surface area contributed by atoms with Gasteiger partial charge in [0.15, 0.2) is 5.76 Å². The predicted molar refractivity (Wildman–Crippen MR) is 76.4 cm³/mol. The molecule has 1 aliphatic rings. The van der Waals surface area contributed by atoms with Gasteiger partial charge in [-0.05, 0) is 13.8 Å². The first-order chi connectivity index (χ1) is 9.95. The van der Waals surface area contributed by atoms with Crippen LogP contribution in [0.5, 0.6) is 0 Å². The first-order valence-corrected chi connectivity index (χ1v) is 7.16. The molecule has 0 bridgehead atoms. The van der Waals surface area contributed by atoms with Gasteiger partial charge in [0.2, 0.25) is 11.8 Å². The standard InChI is InChI=1S/C14H22N4O3/c1-10-8-13(21-16-10)9-17-4-6-18(7-5-17)14(20)11(2)15-12(3)19/h8,11H,4-7,9H2,1-3H3,(H,15,19). The van der Waals surface area contributed by atoms with Crippen LogP contribution >= 0.6 is 0 Å².